The zero-order valence-corrected chi connectivity index (χ0v) is 15.1. The number of halogens is 1. The number of esters is 1. The van der Waals surface area contributed by atoms with Crippen molar-refractivity contribution >= 4 is 23.5 Å². The van der Waals surface area contributed by atoms with Gasteiger partial charge in [0.1, 0.15) is 12.4 Å². The molecule has 0 saturated heterocycles. The second-order valence-electron chi connectivity index (χ2n) is 6.48. The number of nitrogens with one attached hydrogen (secondary N) is 1. The lowest BCUT2D eigenvalue weighted by Gasteiger charge is -2.12. The minimum absolute atomic E-state index is 0.183. The molecule has 0 bridgehead atoms. The number of nitrogens with zero attached hydrogens (tertiary/aromatic N) is 1. The number of carboxylic acids is 1. The average molecular weight is 400 g/mol. The third-order valence-corrected chi connectivity index (χ3v) is 4.67. The normalized spacial score (nSPS) is 19.8. The number of carbonyl (C=O) groups is 3. The molecule has 1 aliphatic carbocycles. The van der Waals surface area contributed by atoms with Crippen molar-refractivity contribution < 1.29 is 28.6 Å². The Hall–Kier alpha value is -3.75. The SMILES string of the molecule is C=CCOC(=O)C1(C(=O)O)CC1C(=O)Nc1ccc(-n2ccccc2=O)cc1F. The first kappa shape index (κ1) is 20.0. The minimum Gasteiger partial charge on any atom is -0.480 e. The molecule has 3 rings (SSSR count). The number of pyridine rings is 1. The Kier molecular flexibility index (Phi) is 5.31. The van der Waals surface area contributed by atoms with Gasteiger partial charge in [-0.1, -0.05) is 18.7 Å². The molecule has 1 fully saturated rings. The Morgan fingerprint density at radius 3 is 2.72 bits per heavy atom. The van der Waals surface area contributed by atoms with Crippen molar-refractivity contribution in [3.8, 4) is 5.69 Å². The molecule has 0 radical (unpaired) electrons. The Morgan fingerprint density at radius 2 is 2.10 bits per heavy atom. The molecule has 1 aromatic heterocycles. The highest BCUT2D eigenvalue weighted by atomic mass is 19.1. The summed E-state index contributed by atoms with van der Waals surface area (Å²) in [5.41, 5.74) is -2.29. The molecular weight excluding hydrogens is 383 g/mol. The quantitative estimate of drug-likeness (QED) is 0.416. The first-order chi connectivity index (χ1) is 13.8. The number of hydrogen-bond donors (Lipinski definition) is 2. The van der Waals surface area contributed by atoms with E-state index < -0.39 is 35.0 Å². The third-order valence-electron chi connectivity index (χ3n) is 4.67. The van der Waals surface area contributed by atoms with E-state index in [9.17, 15) is 28.7 Å². The summed E-state index contributed by atoms with van der Waals surface area (Å²) < 4.78 is 20.4. The van der Waals surface area contributed by atoms with Gasteiger partial charge in [-0.3, -0.25) is 23.7 Å². The van der Waals surface area contributed by atoms with E-state index in [2.05, 4.69) is 11.9 Å². The lowest BCUT2D eigenvalue weighted by atomic mass is 10.0. The van der Waals surface area contributed by atoms with Crippen LogP contribution in [-0.2, 0) is 19.1 Å². The molecule has 9 heteroatoms. The highest BCUT2D eigenvalue weighted by molar-refractivity contribution is 6.11. The van der Waals surface area contributed by atoms with Gasteiger partial charge >= 0.3 is 11.9 Å². The van der Waals surface area contributed by atoms with E-state index >= 15 is 0 Å². The topological polar surface area (TPSA) is 115 Å². The van der Waals surface area contributed by atoms with E-state index in [1.807, 2.05) is 0 Å². The predicted molar refractivity (Wildman–Crippen MR) is 100.0 cm³/mol. The Labute approximate surface area is 164 Å². The van der Waals surface area contributed by atoms with Gasteiger partial charge < -0.3 is 15.2 Å². The van der Waals surface area contributed by atoms with E-state index in [1.165, 1.54) is 35.0 Å². The Bertz CT molecular complexity index is 1060. The fourth-order valence-electron chi connectivity index (χ4n) is 3.01. The first-order valence-electron chi connectivity index (χ1n) is 8.61. The van der Waals surface area contributed by atoms with E-state index in [0.29, 0.717) is 0 Å². The molecule has 0 aliphatic heterocycles. The van der Waals surface area contributed by atoms with Crippen molar-refractivity contribution in [1.29, 1.82) is 0 Å². The summed E-state index contributed by atoms with van der Waals surface area (Å²) in [5, 5.41) is 11.7. The number of carboxylic acid groups (broad SMARTS) is 1. The standard InChI is InChI=1S/C20H17FN2O6/c1-2-9-29-19(28)20(18(26)27)11-13(20)17(25)22-15-7-6-12(10-14(15)21)23-8-4-3-5-16(23)24/h2-8,10,13H,1,9,11H2,(H,22,25)(H,26,27). The molecule has 1 amide bonds. The monoisotopic (exact) mass is 400 g/mol. The van der Waals surface area contributed by atoms with Crippen LogP contribution in [0.25, 0.3) is 5.69 Å². The van der Waals surface area contributed by atoms with Crippen LogP contribution in [0.2, 0.25) is 0 Å². The lowest BCUT2D eigenvalue weighted by molar-refractivity contribution is -0.162. The van der Waals surface area contributed by atoms with Crippen molar-refractivity contribution in [2.45, 2.75) is 6.42 Å². The molecule has 1 aliphatic rings. The van der Waals surface area contributed by atoms with Crippen LogP contribution in [-0.4, -0.2) is 34.1 Å². The number of aromatic nitrogens is 1. The largest absolute Gasteiger partial charge is 0.480 e. The van der Waals surface area contributed by atoms with E-state index in [4.69, 9.17) is 4.74 Å². The molecular formula is C20H17FN2O6. The van der Waals surface area contributed by atoms with Crippen LogP contribution >= 0.6 is 0 Å². The van der Waals surface area contributed by atoms with Crippen molar-refractivity contribution in [1.82, 2.24) is 4.57 Å². The summed E-state index contributed by atoms with van der Waals surface area (Å²) in [4.78, 5) is 47.8. The van der Waals surface area contributed by atoms with Crippen molar-refractivity contribution in [3.63, 3.8) is 0 Å². The van der Waals surface area contributed by atoms with Crippen LogP contribution in [0.1, 0.15) is 6.42 Å². The molecule has 2 atom stereocenters. The summed E-state index contributed by atoms with van der Waals surface area (Å²) in [6, 6.07) is 8.22. The summed E-state index contributed by atoms with van der Waals surface area (Å²) in [5.74, 6) is -5.34. The Morgan fingerprint density at radius 1 is 1.34 bits per heavy atom. The molecule has 1 heterocycles. The number of anilines is 1. The molecule has 2 N–H and O–H groups in total. The second-order valence-corrected chi connectivity index (χ2v) is 6.48. The summed E-state index contributed by atoms with van der Waals surface area (Å²) in [7, 11) is 0. The second kappa shape index (κ2) is 7.70. The van der Waals surface area contributed by atoms with Crippen LogP contribution in [0.15, 0.2) is 60.0 Å². The molecule has 0 spiro atoms. The van der Waals surface area contributed by atoms with Crippen molar-refractivity contribution in [2.75, 3.05) is 11.9 Å². The van der Waals surface area contributed by atoms with Gasteiger partial charge in [-0.25, -0.2) is 4.39 Å². The molecule has 2 unspecified atom stereocenters. The Balaban J connectivity index is 1.77. The van der Waals surface area contributed by atoms with Crippen LogP contribution in [0.5, 0.6) is 0 Å². The first-order valence-corrected chi connectivity index (χ1v) is 8.61. The van der Waals surface area contributed by atoms with E-state index in [0.717, 1.165) is 6.07 Å². The van der Waals surface area contributed by atoms with Gasteiger partial charge in [0.15, 0.2) is 5.41 Å². The van der Waals surface area contributed by atoms with Crippen LogP contribution in [0.4, 0.5) is 10.1 Å². The lowest BCUT2D eigenvalue weighted by Crippen LogP contribution is -2.33. The highest BCUT2D eigenvalue weighted by Gasteiger charge is 2.70. The fraction of sp³-hybridized carbons (Fsp3) is 0.200. The summed E-state index contributed by atoms with van der Waals surface area (Å²) in [6.45, 7) is 3.18. The number of amides is 1. The molecule has 8 nitrogen and oxygen atoms in total. The smallest absolute Gasteiger partial charge is 0.324 e. The number of aliphatic carboxylic acids is 1. The summed E-state index contributed by atoms with van der Waals surface area (Å²) in [6.07, 6.45) is 2.50. The number of benzene rings is 1. The molecule has 1 aromatic carbocycles. The minimum atomic E-state index is -1.99. The van der Waals surface area contributed by atoms with Gasteiger partial charge in [-0.05, 0) is 24.6 Å². The van der Waals surface area contributed by atoms with Crippen molar-refractivity contribution in [2.24, 2.45) is 11.3 Å². The van der Waals surface area contributed by atoms with Gasteiger partial charge in [0.2, 0.25) is 5.91 Å². The summed E-state index contributed by atoms with van der Waals surface area (Å²) >= 11 is 0. The van der Waals surface area contributed by atoms with Crippen LogP contribution < -0.4 is 10.9 Å². The van der Waals surface area contributed by atoms with E-state index in [1.54, 1.807) is 12.1 Å². The maximum absolute atomic E-state index is 14.4. The average Bonchev–Trinajstić information content (AvgIpc) is 3.45. The molecule has 2 aromatic rings. The van der Waals surface area contributed by atoms with Crippen LogP contribution in [0, 0.1) is 17.2 Å². The molecule has 1 saturated carbocycles. The van der Waals surface area contributed by atoms with Gasteiger partial charge in [0.25, 0.3) is 5.56 Å². The maximum atomic E-state index is 14.4. The molecule has 150 valence electrons. The zero-order valence-electron chi connectivity index (χ0n) is 15.1. The predicted octanol–water partition coefficient (Wildman–Crippen LogP) is 1.74. The zero-order chi connectivity index (χ0) is 21.2. The fourth-order valence-corrected chi connectivity index (χ4v) is 3.01. The number of ether oxygens (including phenoxy) is 1. The third kappa shape index (κ3) is 3.66. The van der Waals surface area contributed by atoms with Gasteiger partial charge in [0, 0.05) is 18.3 Å². The van der Waals surface area contributed by atoms with E-state index in [-0.39, 0.29) is 30.0 Å². The molecule has 29 heavy (non-hydrogen) atoms. The number of hydrogen-bond acceptors (Lipinski definition) is 5. The number of carbonyl (C=O) groups excluding carboxylic acids is 2. The maximum Gasteiger partial charge on any atom is 0.324 e. The van der Waals surface area contributed by atoms with Gasteiger partial charge in [0.05, 0.1) is 17.3 Å². The van der Waals surface area contributed by atoms with Crippen molar-refractivity contribution in [3.05, 3.63) is 71.4 Å². The highest BCUT2D eigenvalue weighted by Crippen LogP contribution is 2.54. The van der Waals surface area contributed by atoms with Gasteiger partial charge in [-0.15, -0.1) is 0 Å². The van der Waals surface area contributed by atoms with Crippen LogP contribution in [0.3, 0.4) is 0 Å². The number of rotatable bonds is 7. The van der Waals surface area contributed by atoms with Gasteiger partial charge in [-0.2, -0.15) is 0 Å².